The molecule has 30 heavy (non-hydrogen) atoms. The molecule has 0 saturated heterocycles. The molecular formula is C21H14F3N3O2S. The van der Waals surface area contributed by atoms with Crippen LogP contribution in [-0.2, 0) is 17.5 Å². The Labute approximate surface area is 173 Å². The van der Waals surface area contributed by atoms with Crippen LogP contribution in [0.1, 0.15) is 20.9 Å². The minimum absolute atomic E-state index is 0.0178. The fraction of sp³-hybridized carbons (Fsp3) is 0.0952. The number of aromatic nitrogens is 2. The van der Waals surface area contributed by atoms with Crippen molar-refractivity contribution in [3.05, 3.63) is 83.0 Å². The Bertz CT molecular complexity index is 1170. The van der Waals surface area contributed by atoms with Crippen molar-refractivity contribution in [3.8, 4) is 0 Å². The predicted octanol–water partition coefficient (Wildman–Crippen LogP) is 5.81. The van der Waals surface area contributed by atoms with Gasteiger partial charge in [0.25, 0.3) is 0 Å². The normalized spacial score (nSPS) is 11.4. The van der Waals surface area contributed by atoms with E-state index in [0.29, 0.717) is 5.01 Å². The van der Waals surface area contributed by atoms with Gasteiger partial charge in [0.05, 0.1) is 15.8 Å². The van der Waals surface area contributed by atoms with Crippen molar-refractivity contribution in [1.29, 1.82) is 0 Å². The third kappa shape index (κ3) is 4.41. The number of rotatable bonds is 5. The highest BCUT2D eigenvalue weighted by molar-refractivity contribution is 7.18. The highest BCUT2D eigenvalue weighted by Gasteiger charge is 2.30. The molecule has 2 aromatic carbocycles. The lowest BCUT2D eigenvalue weighted by atomic mass is 10.2. The molecule has 0 radical (unpaired) electrons. The van der Waals surface area contributed by atoms with Crippen LogP contribution in [0.5, 0.6) is 0 Å². The number of anilines is 2. The summed E-state index contributed by atoms with van der Waals surface area (Å²) in [6.07, 6.45) is -3.04. The Kier molecular flexibility index (Phi) is 5.37. The molecule has 0 aliphatic rings. The van der Waals surface area contributed by atoms with E-state index in [0.717, 1.165) is 22.3 Å². The van der Waals surface area contributed by atoms with E-state index in [-0.39, 0.29) is 23.7 Å². The fourth-order valence-electron chi connectivity index (χ4n) is 2.77. The van der Waals surface area contributed by atoms with E-state index in [1.54, 1.807) is 6.07 Å². The number of nitrogens with one attached hydrogen (secondary N) is 1. The topological polar surface area (TPSA) is 64.1 Å². The first-order valence-corrected chi connectivity index (χ1v) is 9.63. The number of alkyl halides is 3. The average molecular weight is 429 g/mol. The van der Waals surface area contributed by atoms with Crippen molar-refractivity contribution in [2.45, 2.75) is 12.8 Å². The van der Waals surface area contributed by atoms with Gasteiger partial charge in [0.15, 0.2) is 0 Å². The van der Waals surface area contributed by atoms with E-state index in [1.165, 1.54) is 35.7 Å². The first-order chi connectivity index (χ1) is 14.4. The van der Waals surface area contributed by atoms with Crippen LogP contribution in [-0.4, -0.2) is 15.9 Å². The summed E-state index contributed by atoms with van der Waals surface area (Å²) in [6.45, 7) is -0.0178. The standard InChI is InChI=1S/C21H14F3N3O2S/c22-21(23,24)13-5-3-6-14(11-13)26-19-15(7-4-10-25-19)20(28)29-12-18-27-16-8-1-2-9-17(16)30-18/h1-11H,12H2,(H,25,26). The van der Waals surface area contributed by atoms with Gasteiger partial charge in [-0.15, -0.1) is 11.3 Å². The summed E-state index contributed by atoms with van der Waals surface area (Å²) in [5.41, 5.74) is 0.282. The molecule has 0 fully saturated rings. The molecule has 9 heteroatoms. The summed E-state index contributed by atoms with van der Waals surface area (Å²) in [5.74, 6) is -0.553. The van der Waals surface area contributed by atoms with Gasteiger partial charge < -0.3 is 10.1 Å². The molecule has 152 valence electrons. The van der Waals surface area contributed by atoms with Crippen molar-refractivity contribution in [2.24, 2.45) is 0 Å². The lowest BCUT2D eigenvalue weighted by Gasteiger charge is -2.12. The van der Waals surface area contributed by atoms with Crippen LogP contribution in [0.4, 0.5) is 24.7 Å². The molecule has 0 aliphatic heterocycles. The fourth-order valence-corrected chi connectivity index (χ4v) is 3.65. The Balaban J connectivity index is 1.50. The minimum Gasteiger partial charge on any atom is -0.455 e. The number of hydrogen-bond donors (Lipinski definition) is 1. The van der Waals surface area contributed by atoms with Gasteiger partial charge in [0.2, 0.25) is 0 Å². The second-order valence-corrected chi connectivity index (χ2v) is 7.37. The molecular weight excluding hydrogens is 415 g/mol. The van der Waals surface area contributed by atoms with E-state index in [9.17, 15) is 18.0 Å². The smallest absolute Gasteiger partial charge is 0.416 e. The maximum absolute atomic E-state index is 12.9. The van der Waals surface area contributed by atoms with E-state index < -0.39 is 17.7 Å². The Morgan fingerprint density at radius 2 is 1.90 bits per heavy atom. The molecule has 1 N–H and O–H groups in total. The number of carbonyl (C=O) groups is 1. The lowest BCUT2D eigenvalue weighted by Crippen LogP contribution is -2.10. The maximum Gasteiger partial charge on any atom is 0.416 e. The first-order valence-electron chi connectivity index (χ1n) is 8.81. The van der Waals surface area contributed by atoms with Gasteiger partial charge in [-0.3, -0.25) is 0 Å². The van der Waals surface area contributed by atoms with Crippen LogP contribution < -0.4 is 5.32 Å². The quantitative estimate of drug-likeness (QED) is 0.406. The second kappa shape index (κ2) is 8.11. The molecule has 2 aromatic heterocycles. The molecule has 0 amide bonds. The van der Waals surface area contributed by atoms with Gasteiger partial charge in [-0.2, -0.15) is 13.2 Å². The van der Waals surface area contributed by atoms with Crippen molar-refractivity contribution in [3.63, 3.8) is 0 Å². The third-order valence-corrected chi connectivity index (χ3v) is 5.16. The Morgan fingerprint density at radius 1 is 1.07 bits per heavy atom. The summed E-state index contributed by atoms with van der Waals surface area (Å²) in [6, 6.07) is 15.3. The van der Waals surface area contributed by atoms with Gasteiger partial charge in [-0.1, -0.05) is 18.2 Å². The highest BCUT2D eigenvalue weighted by atomic mass is 32.1. The first kappa shape index (κ1) is 19.8. The summed E-state index contributed by atoms with van der Waals surface area (Å²) in [4.78, 5) is 21.0. The molecule has 0 atom stereocenters. The molecule has 0 aliphatic carbocycles. The molecule has 0 unspecified atom stereocenters. The minimum atomic E-state index is -4.47. The number of thiazole rings is 1. The molecule has 4 aromatic rings. The van der Waals surface area contributed by atoms with Crippen LogP contribution in [0.3, 0.4) is 0 Å². The van der Waals surface area contributed by atoms with Gasteiger partial charge in [-0.05, 0) is 42.5 Å². The Morgan fingerprint density at radius 3 is 2.70 bits per heavy atom. The third-order valence-electron chi connectivity index (χ3n) is 4.15. The highest BCUT2D eigenvalue weighted by Crippen LogP contribution is 2.31. The second-order valence-electron chi connectivity index (χ2n) is 6.25. The molecule has 4 rings (SSSR count). The zero-order valence-corrected chi connectivity index (χ0v) is 16.1. The monoisotopic (exact) mass is 429 g/mol. The number of halogens is 3. The predicted molar refractivity (Wildman–Crippen MR) is 108 cm³/mol. The van der Waals surface area contributed by atoms with E-state index >= 15 is 0 Å². The van der Waals surface area contributed by atoms with Crippen LogP contribution in [0, 0.1) is 0 Å². The number of ether oxygens (including phenoxy) is 1. The van der Waals surface area contributed by atoms with Gasteiger partial charge >= 0.3 is 12.1 Å². The van der Waals surface area contributed by atoms with Crippen molar-refractivity contribution in [2.75, 3.05) is 5.32 Å². The van der Waals surface area contributed by atoms with Crippen LogP contribution >= 0.6 is 11.3 Å². The van der Waals surface area contributed by atoms with Crippen molar-refractivity contribution < 1.29 is 22.7 Å². The average Bonchev–Trinajstić information content (AvgIpc) is 3.15. The Hall–Kier alpha value is -3.46. The number of hydrogen-bond acceptors (Lipinski definition) is 6. The summed E-state index contributed by atoms with van der Waals surface area (Å²) in [7, 11) is 0. The zero-order chi connectivity index (χ0) is 21.1. The zero-order valence-electron chi connectivity index (χ0n) is 15.3. The van der Waals surface area contributed by atoms with Gasteiger partial charge in [0, 0.05) is 11.9 Å². The van der Waals surface area contributed by atoms with Crippen LogP contribution in [0.25, 0.3) is 10.2 Å². The van der Waals surface area contributed by atoms with E-state index in [1.807, 2.05) is 24.3 Å². The summed E-state index contributed by atoms with van der Waals surface area (Å²) >= 11 is 1.42. The van der Waals surface area contributed by atoms with E-state index in [2.05, 4.69) is 15.3 Å². The number of carbonyl (C=O) groups excluding carboxylic acids is 1. The maximum atomic E-state index is 12.9. The molecule has 0 spiro atoms. The molecule has 5 nitrogen and oxygen atoms in total. The SMILES string of the molecule is O=C(OCc1nc2ccccc2s1)c1cccnc1Nc1cccc(C(F)(F)F)c1. The van der Waals surface area contributed by atoms with Crippen molar-refractivity contribution in [1.82, 2.24) is 9.97 Å². The summed E-state index contributed by atoms with van der Waals surface area (Å²) in [5, 5.41) is 3.40. The molecule has 0 bridgehead atoms. The number of fused-ring (bicyclic) bond motifs is 1. The number of benzene rings is 2. The molecule has 2 heterocycles. The largest absolute Gasteiger partial charge is 0.455 e. The number of para-hydroxylation sites is 1. The number of esters is 1. The summed E-state index contributed by atoms with van der Waals surface area (Å²) < 4.78 is 45.1. The van der Waals surface area contributed by atoms with Gasteiger partial charge in [-0.25, -0.2) is 14.8 Å². The number of nitrogens with zero attached hydrogens (tertiary/aromatic N) is 2. The van der Waals surface area contributed by atoms with Crippen LogP contribution in [0.2, 0.25) is 0 Å². The van der Waals surface area contributed by atoms with E-state index in [4.69, 9.17) is 4.74 Å². The number of pyridine rings is 1. The van der Waals surface area contributed by atoms with Gasteiger partial charge in [0.1, 0.15) is 23.0 Å². The van der Waals surface area contributed by atoms with Crippen LogP contribution in [0.15, 0.2) is 66.9 Å². The van der Waals surface area contributed by atoms with Crippen molar-refractivity contribution >= 4 is 39.0 Å². The molecule has 0 saturated carbocycles. The lowest BCUT2D eigenvalue weighted by molar-refractivity contribution is -0.137.